The number of methoxy groups -OCH3 is 2. The van der Waals surface area contributed by atoms with Crippen molar-refractivity contribution in [2.75, 3.05) is 31.4 Å². The maximum Gasteiger partial charge on any atom is 0.243 e. The number of rotatable bonds is 6. The van der Waals surface area contributed by atoms with E-state index >= 15 is 0 Å². The summed E-state index contributed by atoms with van der Waals surface area (Å²) in [7, 11) is 3.14. The number of carbonyl (C=O) groups is 1. The van der Waals surface area contributed by atoms with E-state index in [-0.39, 0.29) is 12.5 Å². The average Bonchev–Trinajstić information content (AvgIpc) is 2.55. The predicted octanol–water partition coefficient (Wildman–Crippen LogP) is 3.41. The molecule has 2 rings (SSSR count). The molecule has 0 atom stereocenters. The second-order valence-electron chi connectivity index (χ2n) is 4.45. The van der Waals surface area contributed by atoms with Crippen LogP contribution in [0.25, 0.3) is 0 Å². The number of anilines is 2. The van der Waals surface area contributed by atoms with Crippen LogP contribution in [0.4, 0.5) is 11.4 Å². The predicted molar refractivity (Wildman–Crippen MR) is 88.1 cm³/mol. The zero-order valence-corrected chi connectivity index (χ0v) is 13.1. The van der Waals surface area contributed by atoms with Crippen molar-refractivity contribution in [1.29, 1.82) is 0 Å². The van der Waals surface area contributed by atoms with Crippen LogP contribution in [0.3, 0.4) is 0 Å². The van der Waals surface area contributed by atoms with Gasteiger partial charge in [-0.15, -0.1) is 0 Å². The number of hydrogen-bond acceptors (Lipinski definition) is 4. The minimum atomic E-state index is -0.203. The quantitative estimate of drug-likeness (QED) is 0.856. The summed E-state index contributed by atoms with van der Waals surface area (Å²) in [6.45, 7) is 0.0912. The molecule has 0 radical (unpaired) electrons. The summed E-state index contributed by atoms with van der Waals surface area (Å²) in [4.78, 5) is 12.0. The lowest BCUT2D eigenvalue weighted by Gasteiger charge is -2.13. The van der Waals surface area contributed by atoms with Crippen molar-refractivity contribution >= 4 is 28.9 Å². The molecule has 0 spiro atoms. The van der Waals surface area contributed by atoms with Crippen LogP contribution in [0.15, 0.2) is 42.5 Å². The third kappa shape index (κ3) is 4.05. The summed E-state index contributed by atoms with van der Waals surface area (Å²) in [5, 5.41) is 6.26. The highest BCUT2D eigenvalue weighted by molar-refractivity contribution is 6.33. The van der Waals surface area contributed by atoms with Gasteiger partial charge in [0.25, 0.3) is 0 Å². The van der Waals surface area contributed by atoms with Gasteiger partial charge in [-0.2, -0.15) is 0 Å². The number of ether oxygens (including phenoxy) is 2. The molecule has 0 fully saturated rings. The van der Waals surface area contributed by atoms with Gasteiger partial charge in [0, 0.05) is 6.07 Å². The molecule has 22 heavy (non-hydrogen) atoms. The van der Waals surface area contributed by atoms with Crippen LogP contribution in [-0.2, 0) is 4.79 Å². The summed E-state index contributed by atoms with van der Waals surface area (Å²) in [6.07, 6.45) is 0. The molecule has 5 nitrogen and oxygen atoms in total. The smallest absolute Gasteiger partial charge is 0.243 e. The molecule has 6 heteroatoms. The Morgan fingerprint density at radius 2 is 1.86 bits per heavy atom. The Morgan fingerprint density at radius 1 is 1.09 bits per heavy atom. The molecule has 1 amide bonds. The van der Waals surface area contributed by atoms with E-state index in [1.165, 1.54) is 0 Å². The summed E-state index contributed by atoms with van der Waals surface area (Å²) in [5.41, 5.74) is 1.29. The number of nitrogens with one attached hydrogen (secondary N) is 2. The Kier molecular flexibility index (Phi) is 5.49. The van der Waals surface area contributed by atoms with E-state index in [0.717, 1.165) is 0 Å². The van der Waals surface area contributed by atoms with Crippen LogP contribution < -0.4 is 20.1 Å². The van der Waals surface area contributed by atoms with Crippen LogP contribution >= 0.6 is 11.6 Å². The molecule has 0 bridgehead atoms. The van der Waals surface area contributed by atoms with Gasteiger partial charge in [0.05, 0.1) is 37.2 Å². The largest absolute Gasteiger partial charge is 0.497 e. The van der Waals surface area contributed by atoms with E-state index in [1.54, 1.807) is 56.7 Å². The molecule has 0 saturated heterocycles. The Morgan fingerprint density at radius 3 is 2.55 bits per heavy atom. The van der Waals surface area contributed by atoms with Gasteiger partial charge in [-0.1, -0.05) is 23.7 Å². The highest BCUT2D eigenvalue weighted by Crippen LogP contribution is 2.28. The van der Waals surface area contributed by atoms with E-state index in [1.807, 2.05) is 0 Å². The number of hydrogen-bond donors (Lipinski definition) is 2. The molecule has 116 valence electrons. The number of benzene rings is 2. The fraction of sp³-hybridized carbons (Fsp3) is 0.188. The first-order valence-electron chi connectivity index (χ1n) is 6.64. The lowest BCUT2D eigenvalue weighted by atomic mass is 10.2. The van der Waals surface area contributed by atoms with Crippen molar-refractivity contribution in [3.63, 3.8) is 0 Å². The number of amides is 1. The zero-order chi connectivity index (χ0) is 15.9. The van der Waals surface area contributed by atoms with Crippen LogP contribution in [0.5, 0.6) is 11.5 Å². The van der Waals surface area contributed by atoms with E-state index in [9.17, 15) is 4.79 Å². The first kappa shape index (κ1) is 16.0. The maximum atomic E-state index is 12.0. The summed E-state index contributed by atoms with van der Waals surface area (Å²) < 4.78 is 10.4. The number of para-hydroxylation sites is 1. The van der Waals surface area contributed by atoms with Crippen molar-refractivity contribution in [2.24, 2.45) is 0 Å². The van der Waals surface area contributed by atoms with Gasteiger partial charge in [0.15, 0.2) is 0 Å². The van der Waals surface area contributed by atoms with E-state index in [4.69, 9.17) is 21.1 Å². The summed E-state index contributed by atoms with van der Waals surface area (Å²) >= 11 is 6.00. The minimum Gasteiger partial charge on any atom is -0.497 e. The van der Waals surface area contributed by atoms with Gasteiger partial charge >= 0.3 is 0 Å². The number of halogens is 1. The van der Waals surface area contributed by atoms with Crippen LogP contribution in [0.2, 0.25) is 5.02 Å². The van der Waals surface area contributed by atoms with Crippen LogP contribution in [0, 0.1) is 0 Å². The van der Waals surface area contributed by atoms with Crippen molar-refractivity contribution in [3.05, 3.63) is 47.5 Å². The first-order valence-corrected chi connectivity index (χ1v) is 7.02. The molecule has 0 saturated carbocycles. The zero-order valence-electron chi connectivity index (χ0n) is 12.4. The Labute approximate surface area is 134 Å². The SMILES string of the molecule is COc1ccc(NCC(=O)Nc2ccccc2Cl)c(OC)c1. The molecule has 2 aromatic carbocycles. The monoisotopic (exact) mass is 320 g/mol. The van der Waals surface area contributed by atoms with Crippen molar-refractivity contribution < 1.29 is 14.3 Å². The molecule has 0 aliphatic rings. The lowest BCUT2D eigenvalue weighted by Crippen LogP contribution is -2.22. The van der Waals surface area contributed by atoms with Gasteiger partial charge in [0.2, 0.25) is 5.91 Å². The average molecular weight is 321 g/mol. The molecule has 0 unspecified atom stereocenters. The lowest BCUT2D eigenvalue weighted by molar-refractivity contribution is -0.114. The van der Waals surface area contributed by atoms with Crippen molar-refractivity contribution in [2.45, 2.75) is 0 Å². The van der Waals surface area contributed by atoms with Gasteiger partial charge in [-0.05, 0) is 24.3 Å². The highest BCUT2D eigenvalue weighted by Gasteiger charge is 2.08. The van der Waals surface area contributed by atoms with Gasteiger partial charge in [-0.25, -0.2) is 0 Å². The Bertz CT molecular complexity index is 662. The highest BCUT2D eigenvalue weighted by atomic mass is 35.5. The Balaban J connectivity index is 1.98. The van der Waals surface area contributed by atoms with Crippen molar-refractivity contribution in [3.8, 4) is 11.5 Å². The summed E-state index contributed by atoms with van der Waals surface area (Å²) in [5.74, 6) is 1.08. The normalized spacial score (nSPS) is 9.95. The standard InChI is InChI=1S/C16H17ClN2O3/c1-21-11-7-8-14(15(9-11)22-2)18-10-16(20)19-13-6-4-3-5-12(13)17/h3-9,18H,10H2,1-2H3,(H,19,20). The van der Waals surface area contributed by atoms with Crippen LogP contribution in [-0.4, -0.2) is 26.7 Å². The topological polar surface area (TPSA) is 59.6 Å². The maximum absolute atomic E-state index is 12.0. The molecular formula is C16H17ClN2O3. The van der Waals surface area contributed by atoms with Gasteiger partial charge < -0.3 is 20.1 Å². The minimum absolute atomic E-state index is 0.0912. The second kappa shape index (κ2) is 7.56. The van der Waals surface area contributed by atoms with E-state index < -0.39 is 0 Å². The molecule has 0 aromatic heterocycles. The second-order valence-corrected chi connectivity index (χ2v) is 4.85. The third-order valence-electron chi connectivity index (χ3n) is 3.00. The fourth-order valence-corrected chi connectivity index (χ4v) is 2.06. The van der Waals surface area contributed by atoms with E-state index in [2.05, 4.69) is 10.6 Å². The molecule has 2 N–H and O–H groups in total. The molecule has 0 aliphatic carbocycles. The van der Waals surface area contributed by atoms with E-state index in [0.29, 0.717) is 27.9 Å². The first-order chi connectivity index (χ1) is 10.6. The molecule has 0 aliphatic heterocycles. The van der Waals surface area contributed by atoms with Gasteiger partial charge in [-0.3, -0.25) is 4.79 Å². The molecule has 0 heterocycles. The Hall–Kier alpha value is -2.40. The van der Waals surface area contributed by atoms with Gasteiger partial charge in [0.1, 0.15) is 11.5 Å². The van der Waals surface area contributed by atoms with Crippen LogP contribution in [0.1, 0.15) is 0 Å². The fourth-order valence-electron chi connectivity index (χ4n) is 1.88. The van der Waals surface area contributed by atoms with Crippen molar-refractivity contribution in [1.82, 2.24) is 0 Å². The summed E-state index contributed by atoms with van der Waals surface area (Å²) in [6, 6.07) is 12.4. The molecule has 2 aromatic rings. The molecular weight excluding hydrogens is 304 g/mol. The number of carbonyl (C=O) groups excluding carboxylic acids is 1. The third-order valence-corrected chi connectivity index (χ3v) is 3.33.